The third kappa shape index (κ3) is 6.09. The van der Waals surface area contributed by atoms with E-state index in [1.807, 2.05) is 18.2 Å². The Hall–Kier alpha value is -8.21. The van der Waals surface area contributed by atoms with E-state index in [1.165, 1.54) is 55.2 Å². The molecule has 0 unspecified atom stereocenters. The second-order valence-corrected chi connectivity index (χ2v) is 17.6. The maximum Gasteiger partial charge on any atom is 0.164 e. The lowest BCUT2D eigenvalue weighted by atomic mass is 9.65. The highest BCUT2D eigenvalue weighted by Gasteiger charge is 2.40. The summed E-state index contributed by atoms with van der Waals surface area (Å²) in [6, 6.07) is 82.5. The Labute approximate surface area is 379 Å². The van der Waals surface area contributed by atoms with Crippen molar-refractivity contribution in [3.8, 4) is 51.0 Å². The number of hydrogen-bond donors (Lipinski definition) is 0. The zero-order valence-corrected chi connectivity index (χ0v) is 36.2. The number of benzene rings is 9. The van der Waals surface area contributed by atoms with Crippen molar-refractivity contribution in [3.05, 3.63) is 264 Å². The standard InChI is InChI=1S/C61H44N4/c1-60(2)53-35-17-15-33-49(53)51-37-38-52-50-34-16-18-36-54(50)65(56(52)55(51)60)48-32-20-24-43(40-48)59-63-57(41-21-7-3-8-22-41)62-58(64-59)42-23-19-31-47(39-42)61(44-25-9-4-10-26-44,45-27-11-5-12-28-45)46-29-13-6-14-30-46/h3-40H,1-2H3. The number of rotatable bonds is 8. The molecular weight excluding hydrogens is 789 g/mol. The third-order valence-electron chi connectivity index (χ3n) is 13.6. The van der Waals surface area contributed by atoms with Crippen LogP contribution in [-0.2, 0) is 10.8 Å². The first-order valence-electron chi connectivity index (χ1n) is 22.4. The molecule has 0 radical (unpaired) electrons. The molecule has 0 aliphatic heterocycles. The highest BCUT2D eigenvalue weighted by atomic mass is 15.0. The molecule has 4 heteroatoms. The van der Waals surface area contributed by atoms with Crippen molar-refractivity contribution in [1.29, 1.82) is 0 Å². The van der Waals surface area contributed by atoms with E-state index in [9.17, 15) is 0 Å². The molecule has 2 heterocycles. The van der Waals surface area contributed by atoms with Gasteiger partial charge in [-0.2, -0.15) is 0 Å². The number of nitrogens with zero attached hydrogens (tertiary/aromatic N) is 4. The van der Waals surface area contributed by atoms with Crippen molar-refractivity contribution >= 4 is 21.8 Å². The summed E-state index contributed by atoms with van der Waals surface area (Å²) in [5.74, 6) is 1.84. The molecule has 0 amide bonds. The van der Waals surface area contributed by atoms with Crippen LogP contribution < -0.4 is 0 Å². The van der Waals surface area contributed by atoms with Crippen molar-refractivity contribution in [2.75, 3.05) is 0 Å². The van der Waals surface area contributed by atoms with Gasteiger partial charge in [0.15, 0.2) is 17.5 Å². The van der Waals surface area contributed by atoms with E-state index in [0.717, 1.165) is 33.5 Å². The Morgan fingerprint density at radius 1 is 0.385 bits per heavy atom. The van der Waals surface area contributed by atoms with Gasteiger partial charge in [0, 0.05) is 38.6 Å². The summed E-state index contributed by atoms with van der Waals surface area (Å²) in [6.45, 7) is 4.73. The molecule has 65 heavy (non-hydrogen) atoms. The van der Waals surface area contributed by atoms with Crippen LogP contribution in [0.5, 0.6) is 0 Å². The van der Waals surface area contributed by atoms with E-state index in [2.05, 4.69) is 231 Å². The number of hydrogen-bond acceptors (Lipinski definition) is 3. The predicted molar refractivity (Wildman–Crippen MR) is 266 cm³/mol. The fourth-order valence-corrected chi connectivity index (χ4v) is 10.7. The average Bonchev–Trinajstić information content (AvgIpc) is 3.83. The minimum absolute atomic E-state index is 0.198. The number of fused-ring (bicyclic) bond motifs is 7. The van der Waals surface area contributed by atoms with E-state index < -0.39 is 5.41 Å². The second kappa shape index (κ2) is 15.3. The van der Waals surface area contributed by atoms with Crippen LogP contribution in [0, 0.1) is 0 Å². The van der Waals surface area contributed by atoms with Crippen molar-refractivity contribution in [1.82, 2.24) is 19.5 Å². The zero-order valence-electron chi connectivity index (χ0n) is 36.2. The Kier molecular flexibility index (Phi) is 9.03. The number of para-hydroxylation sites is 1. The molecule has 0 spiro atoms. The van der Waals surface area contributed by atoms with Gasteiger partial charge in [-0.1, -0.05) is 220 Å². The zero-order chi connectivity index (χ0) is 43.5. The molecule has 0 saturated heterocycles. The van der Waals surface area contributed by atoms with Gasteiger partial charge in [0.05, 0.1) is 16.4 Å². The summed E-state index contributed by atoms with van der Waals surface area (Å²) in [4.78, 5) is 15.8. The summed E-state index contributed by atoms with van der Waals surface area (Å²) in [6.07, 6.45) is 0. The molecule has 0 bridgehead atoms. The van der Waals surface area contributed by atoms with Crippen molar-refractivity contribution in [3.63, 3.8) is 0 Å². The van der Waals surface area contributed by atoms with Crippen LogP contribution in [0.2, 0.25) is 0 Å². The second-order valence-electron chi connectivity index (χ2n) is 17.6. The van der Waals surface area contributed by atoms with Crippen LogP contribution >= 0.6 is 0 Å². The minimum Gasteiger partial charge on any atom is -0.309 e. The molecule has 9 aromatic carbocycles. The van der Waals surface area contributed by atoms with Gasteiger partial charge in [0.25, 0.3) is 0 Å². The molecule has 12 rings (SSSR count). The fraction of sp³-hybridized carbons (Fsp3) is 0.0656. The van der Waals surface area contributed by atoms with Gasteiger partial charge in [0.2, 0.25) is 0 Å². The third-order valence-corrected chi connectivity index (χ3v) is 13.6. The van der Waals surface area contributed by atoms with E-state index in [4.69, 9.17) is 15.0 Å². The van der Waals surface area contributed by atoms with Gasteiger partial charge in [-0.3, -0.25) is 0 Å². The smallest absolute Gasteiger partial charge is 0.164 e. The summed E-state index contributed by atoms with van der Waals surface area (Å²) < 4.78 is 2.46. The summed E-state index contributed by atoms with van der Waals surface area (Å²) in [5.41, 5.74) is 15.3. The minimum atomic E-state index is -0.620. The number of aromatic nitrogens is 4. The largest absolute Gasteiger partial charge is 0.309 e. The van der Waals surface area contributed by atoms with Crippen LogP contribution in [0.1, 0.15) is 47.2 Å². The van der Waals surface area contributed by atoms with Gasteiger partial charge in [-0.05, 0) is 68.8 Å². The Morgan fingerprint density at radius 2 is 0.877 bits per heavy atom. The molecule has 0 saturated carbocycles. The first kappa shape index (κ1) is 38.5. The molecule has 308 valence electrons. The van der Waals surface area contributed by atoms with Crippen LogP contribution in [-0.4, -0.2) is 19.5 Å². The van der Waals surface area contributed by atoms with E-state index in [0.29, 0.717) is 17.5 Å². The van der Waals surface area contributed by atoms with Gasteiger partial charge in [-0.15, -0.1) is 0 Å². The maximum absolute atomic E-state index is 5.36. The first-order valence-corrected chi connectivity index (χ1v) is 22.4. The summed E-state index contributed by atoms with van der Waals surface area (Å²) in [5, 5.41) is 2.48. The van der Waals surface area contributed by atoms with Gasteiger partial charge in [-0.25, -0.2) is 15.0 Å². The van der Waals surface area contributed by atoms with E-state index in [-0.39, 0.29) is 5.41 Å². The highest BCUT2D eigenvalue weighted by molar-refractivity contribution is 6.13. The SMILES string of the molecule is CC1(C)c2ccccc2-c2ccc3c4ccccc4n(-c4cccc(-c5nc(-c6ccccc6)nc(-c6cccc(C(c7ccccc7)(c7ccccc7)c7ccccc7)c6)n5)c4)c3c21. The van der Waals surface area contributed by atoms with Crippen molar-refractivity contribution in [2.45, 2.75) is 24.7 Å². The maximum atomic E-state index is 5.36. The van der Waals surface area contributed by atoms with Gasteiger partial charge >= 0.3 is 0 Å². The Balaban J connectivity index is 1.06. The van der Waals surface area contributed by atoms with Crippen LogP contribution in [0.25, 0.3) is 72.8 Å². The first-order chi connectivity index (χ1) is 32.0. The molecule has 1 aliphatic carbocycles. The van der Waals surface area contributed by atoms with Crippen molar-refractivity contribution in [2.24, 2.45) is 0 Å². The molecule has 0 N–H and O–H groups in total. The molecule has 4 nitrogen and oxygen atoms in total. The monoisotopic (exact) mass is 832 g/mol. The lowest BCUT2D eigenvalue weighted by molar-refractivity contribution is 0.664. The Bertz CT molecular complexity index is 3460. The van der Waals surface area contributed by atoms with Gasteiger partial charge < -0.3 is 4.57 Å². The highest BCUT2D eigenvalue weighted by Crippen LogP contribution is 2.53. The summed E-state index contributed by atoms with van der Waals surface area (Å²) >= 11 is 0. The lowest BCUT2D eigenvalue weighted by Crippen LogP contribution is -2.31. The normalized spacial score (nSPS) is 12.9. The van der Waals surface area contributed by atoms with Crippen molar-refractivity contribution < 1.29 is 0 Å². The lowest BCUT2D eigenvalue weighted by Gasteiger charge is -2.37. The predicted octanol–water partition coefficient (Wildman–Crippen LogP) is 14.7. The molecule has 1 aliphatic rings. The molecule has 11 aromatic rings. The fourth-order valence-electron chi connectivity index (χ4n) is 10.7. The summed E-state index contributed by atoms with van der Waals surface area (Å²) in [7, 11) is 0. The quantitative estimate of drug-likeness (QED) is 0.143. The van der Waals surface area contributed by atoms with Crippen LogP contribution in [0.4, 0.5) is 0 Å². The molecule has 2 aromatic heterocycles. The Morgan fingerprint density at radius 3 is 1.52 bits per heavy atom. The van der Waals surface area contributed by atoms with Crippen LogP contribution in [0.3, 0.4) is 0 Å². The van der Waals surface area contributed by atoms with Crippen LogP contribution in [0.15, 0.2) is 231 Å². The molecule has 0 fully saturated rings. The van der Waals surface area contributed by atoms with E-state index in [1.54, 1.807) is 0 Å². The molecule has 0 atom stereocenters. The van der Waals surface area contributed by atoms with E-state index >= 15 is 0 Å². The average molecular weight is 833 g/mol. The topological polar surface area (TPSA) is 43.6 Å². The van der Waals surface area contributed by atoms with Gasteiger partial charge in [0.1, 0.15) is 0 Å². The molecular formula is C61H44N4.